The fraction of sp³-hybridized carbons (Fsp3) is 0.0909. The van der Waals surface area contributed by atoms with E-state index in [2.05, 4.69) is 9.97 Å². The lowest BCUT2D eigenvalue weighted by Gasteiger charge is -1.96. The maximum atomic E-state index is 5.74. The third-order valence-electron chi connectivity index (χ3n) is 2.43. The summed E-state index contributed by atoms with van der Waals surface area (Å²) < 4.78 is 3.07. The number of imidazole rings is 1. The molecule has 0 spiro atoms. The summed E-state index contributed by atoms with van der Waals surface area (Å²) in [7, 11) is 0. The van der Waals surface area contributed by atoms with Crippen LogP contribution < -0.4 is 5.73 Å². The number of fused-ring (bicyclic) bond motifs is 1. The van der Waals surface area contributed by atoms with Crippen molar-refractivity contribution >= 4 is 27.2 Å². The Morgan fingerprint density at radius 3 is 3.00 bits per heavy atom. The van der Waals surface area contributed by atoms with Crippen LogP contribution in [-0.4, -0.2) is 14.5 Å². The fourth-order valence-electron chi connectivity index (χ4n) is 1.61. The molecule has 0 aliphatic rings. The van der Waals surface area contributed by atoms with Crippen LogP contribution in [0.2, 0.25) is 0 Å². The molecular weight excluding hydrogens is 220 g/mol. The van der Waals surface area contributed by atoms with E-state index in [9.17, 15) is 0 Å². The number of anilines is 1. The molecule has 0 atom stereocenters. The van der Waals surface area contributed by atoms with Crippen molar-refractivity contribution < 1.29 is 0 Å². The Kier molecular flexibility index (Phi) is 1.94. The Hall–Kier alpha value is -1.88. The number of benzene rings is 1. The standard InChI is InChI=1S/C11H10N4S/c1-7-13-4-5-15(7)11-14-9-3-2-8(12)6-10(9)16-11/h2-6H,12H2,1H3. The topological polar surface area (TPSA) is 56.7 Å². The molecule has 2 heterocycles. The number of hydrogen-bond donors (Lipinski definition) is 1. The number of aryl methyl sites for hydroxylation is 1. The molecule has 0 amide bonds. The van der Waals surface area contributed by atoms with Gasteiger partial charge in [0.05, 0.1) is 10.2 Å². The lowest BCUT2D eigenvalue weighted by molar-refractivity contribution is 0.964. The molecule has 0 radical (unpaired) electrons. The smallest absolute Gasteiger partial charge is 0.196 e. The molecule has 0 unspecified atom stereocenters. The van der Waals surface area contributed by atoms with Crippen molar-refractivity contribution in [2.45, 2.75) is 6.92 Å². The Morgan fingerprint density at radius 2 is 2.25 bits per heavy atom. The third kappa shape index (κ3) is 1.37. The summed E-state index contributed by atoms with van der Waals surface area (Å²) in [6, 6.07) is 5.76. The van der Waals surface area contributed by atoms with Crippen molar-refractivity contribution in [3.8, 4) is 5.13 Å². The number of nitrogens with two attached hydrogens (primary N) is 1. The predicted octanol–water partition coefficient (Wildman–Crippen LogP) is 2.37. The second-order valence-electron chi connectivity index (χ2n) is 3.57. The molecule has 2 aromatic heterocycles. The zero-order valence-corrected chi connectivity index (χ0v) is 9.53. The predicted molar refractivity (Wildman–Crippen MR) is 65.9 cm³/mol. The van der Waals surface area contributed by atoms with Gasteiger partial charge in [-0.3, -0.25) is 4.57 Å². The van der Waals surface area contributed by atoms with E-state index < -0.39 is 0 Å². The van der Waals surface area contributed by atoms with E-state index >= 15 is 0 Å². The van der Waals surface area contributed by atoms with Gasteiger partial charge in [0.15, 0.2) is 5.13 Å². The van der Waals surface area contributed by atoms with Gasteiger partial charge in [0.2, 0.25) is 0 Å². The second kappa shape index (κ2) is 3.31. The summed E-state index contributed by atoms with van der Waals surface area (Å²) >= 11 is 1.62. The molecule has 4 nitrogen and oxygen atoms in total. The van der Waals surface area contributed by atoms with E-state index in [1.165, 1.54) is 0 Å². The van der Waals surface area contributed by atoms with Crippen molar-refractivity contribution in [2.75, 3.05) is 5.73 Å². The van der Waals surface area contributed by atoms with E-state index in [-0.39, 0.29) is 0 Å². The van der Waals surface area contributed by atoms with Gasteiger partial charge in [-0.25, -0.2) is 9.97 Å². The summed E-state index contributed by atoms with van der Waals surface area (Å²) in [6.07, 6.45) is 3.69. The van der Waals surface area contributed by atoms with Crippen LogP contribution in [0.25, 0.3) is 15.3 Å². The molecule has 1 aromatic carbocycles. The van der Waals surface area contributed by atoms with Gasteiger partial charge >= 0.3 is 0 Å². The Balaban J connectivity index is 2.23. The van der Waals surface area contributed by atoms with Crippen LogP contribution in [-0.2, 0) is 0 Å². The van der Waals surface area contributed by atoms with Gasteiger partial charge in [0.1, 0.15) is 5.82 Å². The van der Waals surface area contributed by atoms with Crippen LogP contribution in [0.4, 0.5) is 5.69 Å². The van der Waals surface area contributed by atoms with Crippen molar-refractivity contribution in [2.24, 2.45) is 0 Å². The van der Waals surface area contributed by atoms with Crippen molar-refractivity contribution in [3.63, 3.8) is 0 Å². The van der Waals surface area contributed by atoms with E-state index in [0.29, 0.717) is 0 Å². The zero-order chi connectivity index (χ0) is 11.1. The van der Waals surface area contributed by atoms with E-state index in [1.54, 1.807) is 17.5 Å². The number of rotatable bonds is 1. The second-order valence-corrected chi connectivity index (χ2v) is 4.58. The minimum Gasteiger partial charge on any atom is -0.399 e. The average molecular weight is 230 g/mol. The maximum Gasteiger partial charge on any atom is 0.196 e. The molecule has 0 saturated heterocycles. The number of nitrogens with zero attached hydrogens (tertiary/aromatic N) is 3. The van der Waals surface area contributed by atoms with Gasteiger partial charge in [-0.15, -0.1) is 0 Å². The first-order valence-corrected chi connectivity index (χ1v) is 5.72. The number of nitrogen functional groups attached to an aromatic ring is 1. The molecular formula is C11H10N4S. The molecule has 0 aliphatic carbocycles. The first kappa shape index (κ1) is 9.35. The van der Waals surface area contributed by atoms with Crippen LogP contribution in [0.15, 0.2) is 30.6 Å². The SMILES string of the molecule is Cc1nccn1-c1nc2ccc(N)cc2s1. The normalized spacial score (nSPS) is 11.1. The first-order valence-electron chi connectivity index (χ1n) is 4.90. The number of thiazole rings is 1. The van der Waals surface area contributed by atoms with Crippen molar-refractivity contribution in [3.05, 3.63) is 36.4 Å². The molecule has 16 heavy (non-hydrogen) atoms. The van der Waals surface area contributed by atoms with Gasteiger partial charge in [-0.2, -0.15) is 0 Å². The van der Waals surface area contributed by atoms with Gasteiger partial charge in [0, 0.05) is 18.1 Å². The monoisotopic (exact) mass is 230 g/mol. The van der Waals surface area contributed by atoms with E-state index in [1.807, 2.05) is 35.9 Å². The molecule has 5 heteroatoms. The fourth-order valence-corrected chi connectivity index (χ4v) is 2.66. The quantitative estimate of drug-likeness (QED) is 0.653. The minimum atomic E-state index is 0.769. The zero-order valence-electron chi connectivity index (χ0n) is 8.71. The summed E-state index contributed by atoms with van der Waals surface area (Å²) in [5, 5.41) is 0.926. The highest BCUT2D eigenvalue weighted by atomic mass is 32.1. The number of aromatic nitrogens is 3. The van der Waals surface area contributed by atoms with Crippen LogP contribution in [0.3, 0.4) is 0 Å². The van der Waals surface area contributed by atoms with Gasteiger partial charge in [-0.1, -0.05) is 11.3 Å². The van der Waals surface area contributed by atoms with Gasteiger partial charge in [0.25, 0.3) is 0 Å². The number of hydrogen-bond acceptors (Lipinski definition) is 4. The van der Waals surface area contributed by atoms with Gasteiger partial charge < -0.3 is 5.73 Å². The highest BCUT2D eigenvalue weighted by Crippen LogP contribution is 2.26. The van der Waals surface area contributed by atoms with E-state index in [0.717, 1.165) is 26.9 Å². The lowest BCUT2D eigenvalue weighted by Crippen LogP contribution is -1.93. The van der Waals surface area contributed by atoms with Gasteiger partial charge in [-0.05, 0) is 25.1 Å². The largest absolute Gasteiger partial charge is 0.399 e. The highest BCUT2D eigenvalue weighted by molar-refractivity contribution is 7.20. The molecule has 0 aliphatic heterocycles. The molecule has 0 saturated carbocycles. The van der Waals surface area contributed by atoms with Crippen molar-refractivity contribution in [1.29, 1.82) is 0 Å². The molecule has 2 N–H and O–H groups in total. The summed E-state index contributed by atoms with van der Waals surface area (Å²) in [5.74, 6) is 0.937. The first-order chi connectivity index (χ1) is 7.74. The van der Waals surface area contributed by atoms with Crippen LogP contribution in [0, 0.1) is 6.92 Å². The molecule has 80 valence electrons. The molecule has 0 bridgehead atoms. The van der Waals surface area contributed by atoms with Crippen LogP contribution >= 0.6 is 11.3 Å². The highest BCUT2D eigenvalue weighted by Gasteiger charge is 2.07. The Bertz CT molecular complexity index is 653. The lowest BCUT2D eigenvalue weighted by atomic mass is 10.3. The summed E-state index contributed by atoms with van der Waals surface area (Å²) in [4.78, 5) is 8.73. The van der Waals surface area contributed by atoms with Crippen LogP contribution in [0.5, 0.6) is 0 Å². The molecule has 3 rings (SSSR count). The molecule has 0 fully saturated rings. The summed E-state index contributed by atoms with van der Waals surface area (Å²) in [6.45, 7) is 1.96. The average Bonchev–Trinajstić information content (AvgIpc) is 2.82. The van der Waals surface area contributed by atoms with Crippen molar-refractivity contribution in [1.82, 2.24) is 14.5 Å². The maximum absolute atomic E-state index is 5.74. The Labute approximate surface area is 96.4 Å². The van der Waals surface area contributed by atoms with E-state index in [4.69, 9.17) is 5.73 Å². The molecule has 3 aromatic rings. The van der Waals surface area contributed by atoms with Crippen LogP contribution in [0.1, 0.15) is 5.82 Å². The Morgan fingerprint density at radius 1 is 1.38 bits per heavy atom. The minimum absolute atomic E-state index is 0.769. The third-order valence-corrected chi connectivity index (χ3v) is 3.45. The summed E-state index contributed by atoms with van der Waals surface area (Å²) in [5.41, 5.74) is 7.48.